The van der Waals surface area contributed by atoms with Crippen LogP contribution in [0.2, 0.25) is 0 Å². The lowest BCUT2D eigenvalue weighted by Crippen LogP contribution is -2.31. The number of para-hydroxylation sites is 1. The number of hydrogen-bond acceptors (Lipinski definition) is 4. The van der Waals surface area contributed by atoms with Gasteiger partial charge in [-0.25, -0.2) is 0 Å². The number of piperidine rings is 1. The van der Waals surface area contributed by atoms with Crippen LogP contribution >= 0.6 is 0 Å². The molecule has 0 aliphatic carbocycles. The van der Waals surface area contributed by atoms with E-state index in [1.165, 1.54) is 5.56 Å². The highest BCUT2D eigenvalue weighted by Gasteiger charge is 2.40. The summed E-state index contributed by atoms with van der Waals surface area (Å²) in [5.41, 5.74) is 2.79. The fraction of sp³-hybridized carbons (Fsp3) is 0.350. The fourth-order valence-electron chi connectivity index (χ4n) is 3.57. The number of benzene rings is 2. The van der Waals surface area contributed by atoms with E-state index in [9.17, 15) is 0 Å². The lowest BCUT2D eigenvalue weighted by Gasteiger charge is -2.26. The van der Waals surface area contributed by atoms with Crippen molar-refractivity contribution in [3.05, 3.63) is 59.2 Å². The molecule has 4 heteroatoms. The molecule has 0 spiro atoms. The van der Waals surface area contributed by atoms with Crippen LogP contribution in [-0.2, 0) is 5.79 Å². The zero-order chi connectivity index (χ0) is 16.6. The number of nitrogens with zero attached hydrogens (tertiary/aromatic N) is 1. The van der Waals surface area contributed by atoms with Crippen molar-refractivity contribution in [2.24, 2.45) is 0 Å². The van der Waals surface area contributed by atoms with Crippen LogP contribution in [0.5, 0.6) is 11.5 Å². The molecule has 24 heavy (non-hydrogen) atoms. The van der Waals surface area contributed by atoms with Gasteiger partial charge in [-0.05, 0) is 62.2 Å². The standard InChI is InChI=1S/C20H20N2O2/c1-20(16-7-5-14(13-21)6-8-16)23-18-4-2-3-17(19(18)24-20)15-9-11-22-12-10-15/h2-8,15,22H,9-12H2,1H3. The summed E-state index contributed by atoms with van der Waals surface area (Å²) in [6.07, 6.45) is 2.24. The number of hydrogen-bond donors (Lipinski definition) is 1. The van der Waals surface area contributed by atoms with Gasteiger partial charge in [0.05, 0.1) is 11.6 Å². The van der Waals surface area contributed by atoms with Gasteiger partial charge in [0.15, 0.2) is 11.5 Å². The second-order valence-corrected chi connectivity index (χ2v) is 6.54. The van der Waals surface area contributed by atoms with E-state index in [2.05, 4.69) is 17.5 Å². The van der Waals surface area contributed by atoms with Crippen LogP contribution in [0.1, 0.15) is 42.4 Å². The van der Waals surface area contributed by atoms with Gasteiger partial charge in [-0.15, -0.1) is 0 Å². The van der Waals surface area contributed by atoms with E-state index in [0.29, 0.717) is 11.5 Å². The van der Waals surface area contributed by atoms with Crippen molar-refractivity contribution in [2.45, 2.75) is 31.5 Å². The highest BCUT2D eigenvalue weighted by Crippen LogP contribution is 2.48. The van der Waals surface area contributed by atoms with E-state index in [4.69, 9.17) is 14.7 Å². The van der Waals surface area contributed by atoms with Gasteiger partial charge in [0.25, 0.3) is 5.79 Å². The minimum atomic E-state index is -0.848. The van der Waals surface area contributed by atoms with Gasteiger partial charge in [0.2, 0.25) is 0 Å². The molecule has 4 nitrogen and oxygen atoms in total. The lowest BCUT2D eigenvalue weighted by molar-refractivity contribution is -0.0684. The predicted molar refractivity (Wildman–Crippen MR) is 91.1 cm³/mol. The Labute approximate surface area is 142 Å². The van der Waals surface area contributed by atoms with Crippen LogP contribution in [0.4, 0.5) is 0 Å². The Morgan fingerprint density at radius 2 is 1.83 bits per heavy atom. The van der Waals surface area contributed by atoms with Gasteiger partial charge in [-0.1, -0.05) is 12.1 Å². The second kappa shape index (κ2) is 5.85. The highest BCUT2D eigenvalue weighted by atomic mass is 16.7. The highest BCUT2D eigenvalue weighted by molar-refractivity contribution is 5.52. The Morgan fingerprint density at radius 3 is 2.54 bits per heavy atom. The summed E-state index contributed by atoms with van der Waals surface area (Å²) in [6.45, 7) is 4.02. The number of rotatable bonds is 2. The van der Waals surface area contributed by atoms with Crippen molar-refractivity contribution in [2.75, 3.05) is 13.1 Å². The SMILES string of the molecule is CC1(c2ccc(C#N)cc2)Oc2cccc(C3CCNCC3)c2O1. The van der Waals surface area contributed by atoms with Gasteiger partial charge < -0.3 is 14.8 Å². The quantitative estimate of drug-likeness (QED) is 0.917. The molecule has 1 atom stereocenters. The zero-order valence-corrected chi connectivity index (χ0v) is 13.7. The summed E-state index contributed by atoms with van der Waals surface area (Å²) in [6, 6.07) is 15.7. The molecule has 2 aliphatic heterocycles. The average molecular weight is 320 g/mol. The van der Waals surface area contributed by atoms with Gasteiger partial charge in [0.1, 0.15) is 0 Å². The monoisotopic (exact) mass is 320 g/mol. The van der Waals surface area contributed by atoms with Crippen LogP contribution in [0.25, 0.3) is 0 Å². The maximum Gasteiger partial charge on any atom is 0.275 e. The Morgan fingerprint density at radius 1 is 1.08 bits per heavy atom. The van der Waals surface area contributed by atoms with E-state index in [0.717, 1.165) is 43.0 Å². The van der Waals surface area contributed by atoms with E-state index in [1.54, 1.807) is 12.1 Å². The molecule has 2 aromatic rings. The normalized spacial score (nSPS) is 23.0. The molecule has 1 unspecified atom stereocenters. The maximum atomic E-state index is 8.96. The van der Waals surface area contributed by atoms with Crippen molar-refractivity contribution >= 4 is 0 Å². The zero-order valence-electron chi connectivity index (χ0n) is 13.7. The van der Waals surface area contributed by atoms with Crippen LogP contribution in [0, 0.1) is 11.3 Å². The molecule has 0 saturated carbocycles. The number of fused-ring (bicyclic) bond motifs is 1. The molecular formula is C20H20N2O2. The van der Waals surface area contributed by atoms with Crippen LogP contribution in [-0.4, -0.2) is 13.1 Å². The minimum absolute atomic E-state index is 0.508. The topological polar surface area (TPSA) is 54.3 Å². The van der Waals surface area contributed by atoms with Gasteiger partial charge in [-0.2, -0.15) is 5.26 Å². The third kappa shape index (κ3) is 2.51. The number of nitrogens with one attached hydrogen (secondary N) is 1. The largest absolute Gasteiger partial charge is 0.445 e. The molecule has 0 radical (unpaired) electrons. The van der Waals surface area contributed by atoms with E-state index >= 15 is 0 Å². The lowest BCUT2D eigenvalue weighted by atomic mass is 9.89. The number of nitriles is 1. The first-order valence-electron chi connectivity index (χ1n) is 8.42. The fourth-order valence-corrected chi connectivity index (χ4v) is 3.57. The molecule has 4 rings (SSSR count). The molecule has 2 aromatic carbocycles. The van der Waals surface area contributed by atoms with Crippen molar-refractivity contribution in [1.82, 2.24) is 5.32 Å². The molecule has 1 fully saturated rings. The summed E-state index contributed by atoms with van der Waals surface area (Å²) < 4.78 is 12.5. The van der Waals surface area contributed by atoms with Gasteiger partial charge in [-0.3, -0.25) is 0 Å². The molecule has 1 N–H and O–H groups in total. The molecule has 1 saturated heterocycles. The summed E-state index contributed by atoms with van der Waals surface area (Å²) in [5, 5.41) is 12.4. The molecule has 2 aliphatic rings. The Bertz CT molecular complexity index is 788. The summed E-state index contributed by atoms with van der Waals surface area (Å²) >= 11 is 0. The molecule has 0 amide bonds. The molecule has 122 valence electrons. The van der Waals surface area contributed by atoms with Crippen LogP contribution < -0.4 is 14.8 Å². The third-order valence-corrected chi connectivity index (χ3v) is 4.93. The molecule has 2 heterocycles. The first-order chi connectivity index (χ1) is 11.7. The van der Waals surface area contributed by atoms with Crippen LogP contribution in [0.15, 0.2) is 42.5 Å². The van der Waals surface area contributed by atoms with Gasteiger partial charge >= 0.3 is 0 Å². The average Bonchev–Trinajstić information content (AvgIpc) is 3.00. The van der Waals surface area contributed by atoms with E-state index < -0.39 is 5.79 Å². The Balaban J connectivity index is 1.66. The predicted octanol–water partition coefficient (Wildman–Crippen LogP) is 3.67. The first-order valence-corrected chi connectivity index (χ1v) is 8.42. The van der Waals surface area contributed by atoms with Crippen molar-refractivity contribution in [1.29, 1.82) is 5.26 Å². The first kappa shape index (κ1) is 15.0. The molecular weight excluding hydrogens is 300 g/mol. The molecule has 0 bridgehead atoms. The number of ether oxygens (including phenoxy) is 2. The van der Waals surface area contributed by atoms with Crippen molar-refractivity contribution in [3.8, 4) is 17.6 Å². The Kier molecular flexibility index (Phi) is 3.66. The smallest absolute Gasteiger partial charge is 0.275 e. The second-order valence-electron chi connectivity index (χ2n) is 6.54. The van der Waals surface area contributed by atoms with Crippen molar-refractivity contribution in [3.63, 3.8) is 0 Å². The van der Waals surface area contributed by atoms with E-state index in [-0.39, 0.29) is 0 Å². The van der Waals surface area contributed by atoms with Crippen LogP contribution in [0.3, 0.4) is 0 Å². The van der Waals surface area contributed by atoms with Gasteiger partial charge in [0, 0.05) is 18.1 Å². The van der Waals surface area contributed by atoms with Crippen molar-refractivity contribution < 1.29 is 9.47 Å². The maximum absolute atomic E-state index is 8.96. The minimum Gasteiger partial charge on any atom is -0.445 e. The molecule has 0 aromatic heterocycles. The summed E-state index contributed by atoms with van der Waals surface area (Å²) in [4.78, 5) is 0. The Hall–Kier alpha value is -2.51. The van der Waals surface area contributed by atoms with E-state index in [1.807, 2.05) is 31.2 Å². The summed E-state index contributed by atoms with van der Waals surface area (Å²) in [7, 11) is 0. The third-order valence-electron chi connectivity index (χ3n) is 4.93. The summed E-state index contributed by atoms with van der Waals surface area (Å²) in [5.74, 6) is 1.33.